The molecule has 0 spiro atoms. The highest BCUT2D eigenvalue weighted by Gasteiger charge is 2.08. The van der Waals surface area contributed by atoms with Crippen LogP contribution >= 0.6 is 0 Å². The first-order valence-electron chi connectivity index (χ1n) is 9.58. The highest BCUT2D eigenvalue weighted by Crippen LogP contribution is 2.09. The highest BCUT2D eigenvalue weighted by molar-refractivity contribution is 7.84. The van der Waals surface area contributed by atoms with Gasteiger partial charge in [0, 0.05) is 12.2 Å². The molecule has 0 saturated heterocycles. The first-order valence-corrected chi connectivity index (χ1v) is 11.5. The number of unbranched alkanes of at least 4 members (excludes halogenated alkanes) is 5. The Morgan fingerprint density at radius 1 is 0.960 bits per heavy atom. The molecule has 0 atom stereocenters. The first kappa shape index (κ1) is 21.8. The fraction of sp³-hybridized carbons (Fsp3) is 0.650. The van der Waals surface area contributed by atoms with Crippen LogP contribution in [0, 0.1) is 0 Å². The molecule has 25 heavy (non-hydrogen) atoms. The summed E-state index contributed by atoms with van der Waals surface area (Å²) >= 11 is 0. The summed E-state index contributed by atoms with van der Waals surface area (Å²) in [7, 11) is -3.20. The van der Waals surface area contributed by atoms with E-state index in [0.29, 0.717) is 5.71 Å². The maximum atomic E-state index is 11.2. The van der Waals surface area contributed by atoms with Gasteiger partial charge < -0.3 is 4.90 Å². The van der Waals surface area contributed by atoms with Gasteiger partial charge in [-0.15, -0.1) is 4.40 Å². The molecule has 0 unspecified atom stereocenters. The molecule has 1 aliphatic rings. The van der Waals surface area contributed by atoms with Crippen molar-refractivity contribution in [2.75, 3.05) is 25.9 Å². The van der Waals surface area contributed by atoms with Gasteiger partial charge in [0.2, 0.25) is 5.71 Å². The zero-order valence-corrected chi connectivity index (χ0v) is 16.9. The number of sulfonamides is 1. The predicted molar refractivity (Wildman–Crippen MR) is 107 cm³/mol. The van der Waals surface area contributed by atoms with Crippen LogP contribution in [0.15, 0.2) is 36.0 Å². The highest BCUT2D eigenvalue weighted by atomic mass is 32.2. The lowest BCUT2D eigenvalue weighted by Gasteiger charge is -2.19. The molecule has 1 N–H and O–H groups in total. The van der Waals surface area contributed by atoms with Crippen LogP contribution in [0.5, 0.6) is 0 Å². The second-order valence-corrected chi connectivity index (χ2v) is 8.44. The Kier molecular flexibility index (Phi) is 10.7. The fourth-order valence-corrected chi connectivity index (χ4v) is 3.42. The van der Waals surface area contributed by atoms with Gasteiger partial charge in [0.15, 0.2) is 0 Å². The summed E-state index contributed by atoms with van der Waals surface area (Å²) in [5.74, 6) is 0. The van der Waals surface area contributed by atoms with E-state index in [2.05, 4.69) is 29.2 Å². The van der Waals surface area contributed by atoms with E-state index in [1.807, 2.05) is 24.3 Å². The molecule has 0 aliphatic heterocycles. The first-order chi connectivity index (χ1) is 11.9. The van der Waals surface area contributed by atoms with E-state index < -0.39 is 10.0 Å². The maximum Gasteiger partial charge on any atom is 0.360 e. The minimum atomic E-state index is -3.20. The van der Waals surface area contributed by atoms with Crippen molar-refractivity contribution in [3.63, 3.8) is 0 Å². The van der Waals surface area contributed by atoms with Crippen molar-refractivity contribution in [1.29, 1.82) is 0 Å². The second-order valence-electron chi connectivity index (χ2n) is 6.69. The summed E-state index contributed by atoms with van der Waals surface area (Å²) in [4.78, 5) is 2.54. The van der Waals surface area contributed by atoms with Gasteiger partial charge in [0.25, 0.3) is 0 Å². The minimum absolute atomic E-state index is 0.611. The SMILES string of the molecule is CCCCCCCN(CC)CCCC=C1C=CC(=[NH+]S(C)(=O)=O)C=C1. The molecular weight excluding hydrogens is 332 g/mol. The van der Waals surface area contributed by atoms with Crippen molar-refractivity contribution in [3.05, 3.63) is 36.0 Å². The molecule has 4 nitrogen and oxygen atoms in total. The number of hydrogen-bond donors (Lipinski definition) is 1. The third kappa shape index (κ3) is 11.1. The zero-order valence-electron chi connectivity index (χ0n) is 16.1. The standard InChI is InChI=1S/C20H34N2O2S/c1-4-6-7-8-10-17-22(5-2)18-11-9-12-19-13-15-20(16-14-19)21-25(3,23)24/h12-16H,4-11,17-18H2,1-3H3/p+1. The zero-order chi connectivity index (χ0) is 18.5. The number of allylic oxidation sites excluding steroid dienone is 6. The fourth-order valence-electron chi connectivity index (χ4n) is 2.85. The number of nitrogens with one attached hydrogen (secondary N) is 1. The van der Waals surface area contributed by atoms with Crippen LogP contribution in [0.3, 0.4) is 0 Å². The number of hydrogen-bond acceptors (Lipinski definition) is 3. The van der Waals surface area contributed by atoms with Gasteiger partial charge in [0.05, 0.1) is 6.26 Å². The Labute approximate surface area is 154 Å². The molecule has 0 radical (unpaired) electrons. The van der Waals surface area contributed by atoms with E-state index in [1.165, 1.54) is 38.6 Å². The molecule has 0 bridgehead atoms. The molecule has 0 aromatic carbocycles. The van der Waals surface area contributed by atoms with Crippen LogP contribution in [-0.2, 0) is 10.0 Å². The smallest absolute Gasteiger partial charge is 0.304 e. The Morgan fingerprint density at radius 2 is 1.60 bits per heavy atom. The Hall–Kier alpha value is -1.20. The van der Waals surface area contributed by atoms with E-state index in [9.17, 15) is 8.42 Å². The lowest BCUT2D eigenvalue weighted by molar-refractivity contribution is -0.263. The predicted octanol–water partition coefficient (Wildman–Crippen LogP) is 2.59. The summed E-state index contributed by atoms with van der Waals surface area (Å²) in [6, 6.07) is 0. The van der Waals surface area contributed by atoms with E-state index >= 15 is 0 Å². The van der Waals surface area contributed by atoms with Crippen molar-refractivity contribution in [2.24, 2.45) is 0 Å². The summed E-state index contributed by atoms with van der Waals surface area (Å²) in [6.07, 6.45) is 19.8. The third-order valence-corrected chi connectivity index (χ3v) is 4.90. The van der Waals surface area contributed by atoms with Gasteiger partial charge in [-0.25, -0.2) is 0 Å². The molecule has 0 saturated carbocycles. The summed E-state index contributed by atoms with van der Waals surface area (Å²) < 4.78 is 24.9. The van der Waals surface area contributed by atoms with Gasteiger partial charge in [-0.2, -0.15) is 8.42 Å². The summed E-state index contributed by atoms with van der Waals surface area (Å²) in [5.41, 5.74) is 1.75. The van der Waals surface area contributed by atoms with Crippen LogP contribution in [0.25, 0.3) is 0 Å². The molecule has 142 valence electrons. The molecule has 5 heteroatoms. The largest absolute Gasteiger partial charge is 0.360 e. The van der Waals surface area contributed by atoms with Gasteiger partial charge in [-0.05, 0) is 56.6 Å². The Balaban J connectivity index is 2.28. The molecule has 1 aliphatic carbocycles. The van der Waals surface area contributed by atoms with Crippen molar-refractivity contribution in [1.82, 2.24) is 4.90 Å². The van der Waals surface area contributed by atoms with E-state index in [1.54, 1.807) is 0 Å². The van der Waals surface area contributed by atoms with Crippen molar-refractivity contribution in [3.8, 4) is 0 Å². The van der Waals surface area contributed by atoms with E-state index in [-0.39, 0.29) is 0 Å². The molecule has 1 rings (SSSR count). The Bertz CT molecular complexity index is 583. The second kappa shape index (κ2) is 12.2. The number of rotatable bonds is 12. The normalized spacial score (nSPS) is 14.4. The van der Waals surface area contributed by atoms with Crippen molar-refractivity contribution in [2.45, 2.75) is 58.8 Å². The van der Waals surface area contributed by atoms with Gasteiger partial charge in [0.1, 0.15) is 0 Å². The topological polar surface area (TPSA) is 51.4 Å². The monoisotopic (exact) mass is 367 g/mol. The van der Waals surface area contributed by atoms with Gasteiger partial charge in [-0.1, -0.05) is 45.6 Å². The van der Waals surface area contributed by atoms with Crippen molar-refractivity contribution >= 4 is 15.7 Å². The van der Waals surface area contributed by atoms with Crippen LogP contribution in [0.4, 0.5) is 0 Å². The summed E-state index contributed by atoms with van der Waals surface area (Å²) in [6.45, 7) is 7.98. The molecule has 0 amide bonds. The van der Waals surface area contributed by atoms with Gasteiger partial charge >= 0.3 is 10.0 Å². The van der Waals surface area contributed by atoms with Crippen molar-refractivity contribution < 1.29 is 12.8 Å². The molecule has 0 aromatic rings. The third-order valence-electron chi connectivity index (χ3n) is 4.30. The molecular formula is C20H35N2O2S+. The minimum Gasteiger partial charge on any atom is -0.304 e. The van der Waals surface area contributed by atoms with Crippen LogP contribution < -0.4 is 4.40 Å². The van der Waals surface area contributed by atoms with Crippen LogP contribution in [0.2, 0.25) is 0 Å². The quantitative estimate of drug-likeness (QED) is 0.540. The maximum absolute atomic E-state index is 11.2. The van der Waals surface area contributed by atoms with Gasteiger partial charge in [-0.3, -0.25) is 0 Å². The lowest BCUT2D eigenvalue weighted by Crippen LogP contribution is -2.75. The van der Waals surface area contributed by atoms with Crippen LogP contribution in [0.1, 0.15) is 58.8 Å². The lowest BCUT2D eigenvalue weighted by atomic mass is 10.1. The van der Waals surface area contributed by atoms with E-state index in [0.717, 1.165) is 37.8 Å². The van der Waals surface area contributed by atoms with E-state index in [4.69, 9.17) is 0 Å². The molecule has 0 fully saturated rings. The average Bonchev–Trinajstić information content (AvgIpc) is 2.56. The molecule has 0 aromatic heterocycles. The molecule has 0 heterocycles. The number of nitrogens with zero attached hydrogens (tertiary/aromatic N) is 1. The Morgan fingerprint density at radius 3 is 2.20 bits per heavy atom. The average molecular weight is 368 g/mol. The summed E-state index contributed by atoms with van der Waals surface area (Å²) in [5, 5.41) is 0. The van der Waals surface area contributed by atoms with Crippen LogP contribution in [-0.4, -0.2) is 44.9 Å².